The van der Waals surface area contributed by atoms with Crippen molar-refractivity contribution in [3.8, 4) is 12.3 Å². The summed E-state index contributed by atoms with van der Waals surface area (Å²) in [5.74, 6) is 2.71. The van der Waals surface area contributed by atoms with E-state index in [2.05, 4.69) is 45.1 Å². The molecule has 0 saturated heterocycles. The van der Waals surface area contributed by atoms with Crippen molar-refractivity contribution in [1.82, 2.24) is 5.32 Å². The van der Waals surface area contributed by atoms with Crippen LogP contribution < -0.4 is 5.32 Å². The van der Waals surface area contributed by atoms with Crippen LogP contribution in [0.3, 0.4) is 0 Å². The van der Waals surface area contributed by atoms with E-state index in [1.807, 2.05) is 20.8 Å². The van der Waals surface area contributed by atoms with Crippen molar-refractivity contribution in [3.63, 3.8) is 0 Å². The third-order valence-corrected chi connectivity index (χ3v) is 8.97. The normalized spacial score (nSPS) is 25.9. The highest BCUT2D eigenvalue weighted by Gasteiger charge is 2.49. The Labute approximate surface area is 136 Å². The van der Waals surface area contributed by atoms with Gasteiger partial charge in [-0.2, -0.15) is 0 Å². The quantitative estimate of drug-likeness (QED) is 0.628. The standard InChI is InChI=1S/C17H31NO3Si/c1-10-17(18-14(19)20-15(2,3)4)11-13(12-17)21-22(8,9)16(5,6)7/h1,13H,11-12H2,2-9H3,(H,18,19). The van der Waals surface area contributed by atoms with Gasteiger partial charge in [0, 0.05) is 12.8 Å². The van der Waals surface area contributed by atoms with Gasteiger partial charge in [-0.1, -0.05) is 26.7 Å². The number of carbonyl (C=O) groups excluding carboxylic acids is 1. The smallest absolute Gasteiger partial charge is 0.408 e. The lowest BCUT2D eigenvalue weighted by Crippen LogP contribution is -2.62. The highest BCUT2D eigenvalue weighted by molar-refractivity contribution is 6.74. The van der Waals surface area contributed by atoms with Crippen molar-refractivity contribution in [3.05, 3.63) is 0 Å². The van der Waals surface area contributed by atoms with Crippen LogP contribution in [-0.4, -0.2) is 31.7 Å². The van der Waals surface area contributed by atoms with Crippen LogP contribution in [0.25, 0.3) is 0 Å². The molecule has 0 aromatic carbocycles. The molecule has 1 N–H and O–H groups in total. The van der Waals surface area contributed by atoms with Gasteiger partial charge in [0.2, 0.25) is 0 Å². The largest absolute Gasteiger partial charge is 0.444 e. The molecule has 4 nitrogen and oxygen atoms in total. The number of carbonyl (C=O) groups is 1. The lowest BCUT2D eigenvalue weighted by molar-refractivity contribution is 0.0170. The van der Waals surface area contributed by atoms with E-state index >= 15 is 0 Å². The highest BCUT2D eigenvalue weighted by atomic mass is 28.4. The molecule has 1 aliphatic rings. The summed E-state index contributed by atoms with van der Waals surface area (Å²) in [4.78, 5) is 11.9. The van der Waals surface area contributed by atoms with Gasteiger partial charge in [-0.3, -0.25) is 0 Å². The number of amides is 1. The lowest BCUT2D eigenvalue weighted by Gasteiger charge is -2.49. The second-order valence-corrected chi connectivity index (χ2v) is 13.5. The minimum absolute atomic E-state index is 0.117. The van der Waals surface area contributed by atoms with Crippen molar-refractivity contribution < 1.29 is 14.0 Å². The molecule has 1 saturated carbocycles. The van der Waals surface area contributed by atoms with Crippen LogP contribution in [0.4, 0.5) is 4.79 Å². The second-order valence-electron chi connectivity index (χ2n) is 8.76. The van der Waals surface area contributed by atoms with Gasteiger partial charge in [0.25, 0.3) is 0 Å². The van der Waals surface area contributed by atoms with Gasteiger partial charge in [-0.25, -0.2) is 4.79 Å². The van der Waals surface area contributed by atoms with E-state index in [-0.39, 0.29) is 11.1 Å². The van der Waals surface area contributed by atoms with E-state index in [9.17, 15) is 4.79 Å². The van der Waals surface area contributed by atoms with Gasteiger partial charge >= 0.3 is 6.09 Å². The molecule has 126 valence electrons. The van der Waals surface area contributed by atoms with Crippen LogP contribution in [0.1, 0.15) is 54.4 Å². The fourth-order valence-electron chi connectivity index (χ4n) is 2.15. The first-order valence-electron chi connectivity index (χ1n) is 7.86. The summed E-state index contributed by atoms with van der Waals surface area (Å²) in [6.07, 6.45) is 6.58. The van der Waals surface area contributed by atoms with Gasteiger partial charge in [-0.05, 0) is 38.9 Å². The maximum Gasteiger partial charge on any atom is 0.408 e. The number of alkyl carbamates (subject to hydrolysis) is 1. The number of ether oxygens (including phenoxy) is 1. The molecule has 0 radical (unpaired) electrons. The second kappa shape index (κ2) is 5.90. The zero-order chi connectivity index (χ0) is 17.4. The predicted molar refractivity (Wildman–Crippen MR) is 92.2 cm³/mol. The number of terminal acetylenes is 1. The summed E-state index contributed by atoms with van der Waals surface area (Å²) >= 11 is 0. The van der Waals surface area contributed by atoms with E-state index in [1.54, 1.807) is 0 Å². The van der Waals surface area contributed by atoms with Gasteiger partial charge in [0.1, 0.15) is 11.1 Å². The number of rotatable bonds is 3. The van der Waals surface area contributed by atoms with Gasteiger partial charge in [0.15, 0.2) is 8.32 Å². The molecule has 0 bridgehead atoms. The summed E-state index contributed by atoms with van der Waals surface area (Å²) in [6.45, 7) is 16.6. The fourth-order valence-corrected chi connectivity index (χ4v) is 3.50. The molecule has 1 aliphatic carbocycles. The minimum Gasteiger partial charge on any atom is -0.444 e. The van der Waals surface area contributed by atoms with Crippen molar-refractivity contribution in [2.45, 2.75) is 89.8 Å². The predicted octanol–water partition coefficient (Wildman–Crippen LogP) is 4.07. The van der Waals surface area contributed by atoms with Gasteiger partial charge in [-0.15, -0.1) is 6.42 Å². The third-order valence-electron chi connectivity index (χ3n) is 4.44. The first-order valence-corrected chi connectivity index (χ1v) is 10.8. The molecular weight excluding hydrogens is 294 g/mol. The van der Waals surface area contributed by atoms with E-state index < -0.39 is 25.6 Å². The van der Waals surface area contributed by atoms with E-state index in [4.69, 9.17) is 15.6 Å². The fraction of sp³-hybridized carbons (Fsp3) is 0.824. The summed E-state index contributed by atoms with van der Waals surface area (Å²) in [5, 5.41) is 3.00. The molecule has 0 aromatic heterocycles. The summed E-state index contributed by atoms with van der Waals surface area (Å²) < 4.78 is 11.6. The molecule has 0 aliphatic heterocycles. The first kappa shape index (κ1) is 19.1. The monoisotopic (exact) mass is 325 g/mol. The summed E-state index contributed by atoms with van der Waals surface area (Å²) in [6, 6.07) is 0. The molecule has 5 heteroatoms. The Kier molecular flexibility index (Phi) is 5.11. The SMILES string of the molecule is C#CC1(NC(=O)OC(C)(C)C)CC(O[Si](C)(C)C(C)(C)C)C1. The Bertz CT molecular complexity index is 460. The van der Waals surface area contributed by atoms with Crippen LogP contribution >= 0.6 is 0 Å². The summed E-state index contributed by atoms with van der Waals surface area (Å²) in [5.41, 5.74) is -1.16. The molecule has 0 aromatic rings. The van der Waals surface area contributed by atoms with E-state index in [1.165, 1.54) is 0 Å². The van der Waals surface area contributed by atoms with E-state index in [0.717, 1.165) is 0 Å². The molecule has 22 heavy (non-hydrogen) atoms. The topological polar surface area (TPSA) is 47.6 Å². The molecule has 0 heterocycles. The average molecular weight is 326 g/mol. The van der Waals surface area contributed by atoms with Crippen molar-refractivity contribution in [2.75, 3.05) is 0 Å². The first-order chi connectivity index (χ1) is 9.70. The van der Waals surface area contributed by atoms with Crippen LogP contribution in [0.5, 0.6) is 0 Å². The number of hydrogen-bond acceptors (Lipinski definition) is 3. The maximum atomic E-state index is 11.9. The minimum atomic E-state index is -1.80. The Morgan fingerprint density at radius 1 is 1.23 bits per heavy atom. The summed E-state index contributed by atoms with van der Waals surface area (Å²) in [7, 11) is -1.80. The Morgan fingerprint density at radius 3 is 2.09 bits per heavy atom. The molecule has 0 unspecified atom stereocenters. The van der Waals surface area contributed by atoms with Crippen LogP contribution in [0, 0.1) is 12.3 Å². The zero-order valence-electron chi connectivity index (χ0n) is 15.3. The Balaban J connectivity index is 2.59. The molecule has 1 fully saturated rings. The average Bonchev–Trinajstić information content (AvgIpc) is 2.20. The zero-order valence-corrected chi connectivity index (χ0v) is 16.3. The molecule has 1 amide bonds. The van der Waals surface area contributed by atoms with Crippen molar-refractivity contribution >= 4 is 14.4 Å². The maximum absolute atomic E-state index is 11.9. The van der Waals surface area contributed by atoms with E-state index in [0.29, 0.717) is 12.8 Å². The highest BCUT2D eigenvalue weighted by Crippen LogP contribution is 2.42. The van der Waals surface area contributed by atoms with Gasteiger partial charge < -0.3 is 14.5 Å². The van der Waals surface area contributed by atoms with Crippen LogP contribution in [0.2, 0.25) is 18.1 Å². The molecule has 1 rings (SSSR count). The van der Waals surface area contributed by atoms with Crippen LogP contribution in [-0.2, 0) is 9.16 Å². The Morgan fingerprint density at radius 2 is 1.73 bits per heavy atom. The Hall–Kier alpha value is -0.993. The van der Waals surface area contributed by atoms with Crippen molar-refractivity contribution in [1.29, 1.82) is 0 Å². The van der Waals surface area contributed by atoms with Crippen molar-refractivity contribution in [2.24, 2.45) is 0 Å². The number of hydrogen-bond donors (Lipinski definition) is 1. The number of nitrogens with one attached hydrogen (secondary N) is 1. The molecular formula is C17H31NO3Si. The molecule has 0 atom stereocenters. The lowest BCUT2D eigenvalue weighted by atomic mass is 9.75. The third kappa shape index (κ3) is 4.75. The van der Waals surface area contributed by atoms with Gasteiger partial charge in [0.05, 0.1) is 6.10 Å². The van der Waals surface area contributed by atoms with Crippen LogP contribution in [0.15, 0.2) is 0 Å². The molecule has 0 spiro atoms.